The largest absolute Gasteiger partial charge is 0.389 e. The first-order valence-corrected chi connectivity index (χ1v) is 43.9. The summed E-state index contributed by atoms with van der Waals surface area (Å²) >= 11 is 43.7. The first-order valence-electron chi connectivity index (χ1n) is 36.1. The number of sulfone groups is 2. The number of sulfonamides is 1. The molecular weight excluding hydrogens is 1750 g/mol. The molecule has 0 radical (unpaired) electrons. The van der Waals surface area contributed by atoms with Crippen LogP contribution in [0.15, 0.2) is 308 Å². The lowest BCUT2D eigenvalue weighted by atomic mass is 10.1. The topological polar surface area (TPSA) is 341 Å². The number of carbonyl (C=O) groups is 4. The quantitative estimate of drug-likeness (QED) is 0.0331. The van der Waals surface area contributed by atoms with Crippen LogP contribution in [0.1, 0.15) is 66.9 Å². The highest BCUT2D eigenvalue weighted by molar-refractivity contribution is 7.92. The fraction of sp³-hybridized carbons (Fsp3) is 0.0795. The van der Waals surface area contributed by atoms with Crippen molar-refractivity contribution in [2.45, 2.75) is 35.3 Å². The molecule has 4 amide bonds. The number of amides is 4. The molecule has 0 unspecified atom stereocenters. The van der Waals surface area contributed by atoms with E-state index in [0.29, 0.717) is 87.7 Å². The predicted octanol–water partition coefficient (Wildman–Crippen LogP) is 20.2. The molecule has 1 atom stereocenters. The molecule has 7 N–H and O–H groups in total. The van der Waals surface area contributed by atoms with Crippen LogP contribution in [0.4, 0.5) is 28.4 Å². The number of aliphatic hydroxyl groups is 2. The van der Waals surface area contributed by atoms with Gasteiger partial charge in [0.25, 0.3) is 23.6 Å². The van der Waals surface area contributed by atoms with E-state index in [9.17, 15) is 54.6 Å². The normalized spacial score (nSPS) is 11.5. The Labute approximate surface area is 732 Å². The number of nitrogens with one attached hydrogen (secondary N) is 5. The number of nitrogens with zero attached hydrogens (tertiary/aromatic N) is 6. The van der Waals surface area contributed by atoms with E-state index in [1.807, 2.05) is 71.4 Å². The molecule has 5 heterocycles. The van der Waals surface area contributed by atoms with Gasteiger partial charge in [-0.25, -0.2) is 30.2 Å². The van der Waals surface area contributed by atoms with Crippen molar-refractivity contribution in [2.75, 3.05) is 43.8 Å². The summed E-state index contributed by atoms with van der Waals surface area (Å²) in [6, 6.07) is 70.1. The lowest BCUT2D eigenvalue weighted by molar-refractivity contribution is 0.101. The van der Waals surface area contributed by atoms with Gasteiger partial charge in [0, 0.05) is 99.1 Å². The number of rotatable bonds is 22. The zero-order chi connectivity index (χ0) is 86.8. The fourth-order valence-corrected chi connectivity index (χ4v) is 17.0. The molecule has 14 aromatic rings. The summed E-state index contributed by atoms with van der Waals surface area (Å²) in [7, 11) is -11.1. The van der Waals surface area contributed by atoms with Crippen molar-refractivity contribution in [1.82, 2.24) is 29.5 Å². The third-order valence-corrected chi connectivity index (χ3v) is 24.0. The van der Waals surface area contributed by atoms with Crippen LogP contribution in [0.25, 0.3) is 50.7 Å². The van der Waals surface area contributed by atoms with E-state index in [-0.39, 0.29) is 53.1 Å². The Bertz CT molecular complexity index is 6440. The van der Waals surface area contributed by atoms with Gasteiger partial charge in [-0.3, -0.25) is 43.8 Å². The second-order valence-electron chi connectivity index (χ2n) is 27.1. The van der Waals surface area contributed by atoms with Gasteiger partial charge < -0.3 is 36.0 Å². The van der Waals surface area contributed by atoms with E-state index < -0.39 is 70.6 Å². The summed E-state index contributed by atoms with van der Waals surface area (Å²) in [5.41, 5.74) is 8.89. The minimum atomic E-state index is -3.86. The van der Waals surface area contributed by atoms with Gasteiger partial charge in [0.2, 0.25) is 10.0 Å². The van der Waals surface area contributed by atoms with Crippen LogP contribution in [0.2, 0.25) is 35.2 Å². The van der Waals surface area contributed by atoms with Gasteiger partial charge in [0.15, 0.2) is 19.7 Å². The van der Waals surface area contributed by atoms with Gasteiger partial charge in [0.05, 0.1) is 120 Å². The standard InChI is InChI=1S/C26H20Cl2N2O4S.C22H20Cl2N2O4S.C21H15ClN4O.C19H15Cl2N3O3S/c27-22-12-9-18(14-21(22)24-8-4-5-13-29-24)30-26(32)20-11-10-19(15-23(20)28)35(33,34)16-25(31)17-6-2-1-3-7-17;1-22(2,28)13-31(29,30)15-7-8-16(19(24)12-15)21(27)26-14-6-9-18(23)17(11-14)20-5-3-4-10-25-20;22-19-9-6-16(13-18(19)20-3-1-2-10-24-20)25-21(27)15-4-7-17(8-5-15)26-12-11-23-14-26;1-28(26,27)24-13-5-7-14(17(21)11-13)19(25)23-12-6-8-16(20)15(10-12)18-4-2-3-9-22-18/h1-15,25,31H,16H2,(H,30,32);3-12,28H,13H2,1-2H3,(H,26,27);1-14H,(H,25,27);2-11,24H,1H3,(H,23,25)/t25-;;;/m0.../s1. The summed E-state index contributed by atoms with van der Waals surface area (Å²) < 4.78 is 77.3. The highest BCUT2D eigenvalue weighted by atomic mass is 35.5. The van der Waals surface area contributed by atoms with Crippen molar-refractivity contribution in [3.8, 4) is 50.7 Å². The Morgan fingerprint density at radius 1 is 0.397 bits per heavy atom. The number of aromatic nitrogens is 6. The van der Waals surface area contributed by atoms with Gasteiger partial charge >= 0.3 is 0 Å². The molecule has 5 aromatic heterocycles. The third kappa shape index (κ3) is 25.2. The molecule has 0 bridgehead atoms. The molecule has 0 saturated carbocycles. The number of carbonyl (C=O) groups excluding carboxylic acids is 4. The molecule has 0 aliphatic heterocycles. The van der Waals surface area contributed by atoms with Gasteiger partial charge in [-0.15, -0.1) is 0 Å². The minimum Gasteiger partial charge on any atom is -0.389 e. The maximum Gasteiger partial charge on any atom is 0.257 e. The van der Waals surface area contributed by atoms with Crippen LogP contribution in [0.3, 0.4) is 0 Å². The lowest BCUT2D eigenvalue weighted by Crippen LogP contribution is -2.30. The average Bonchev–Trinajstić information content (AvgIpc) is 0.798. The molecule has 0 fully saturated rings. The van der Waals surface area contributed by atoms with Crippen molar-refractivity contribution in [3.63, 3.8) is 0 Å². The van der Waals surface area contributed by atoms with Gasteiger partial charge in [-0.05, 0) is 220 Å². The second kappa shape index (κ2) is 40.6. The molecule has 14 rings (SSSR count). The summed E-state index contributed by atoms with van der Waals surface area (Å²) in [5, 5.41) is 33.4. The molecule has 9 aromatic carbocycles. The fourth-order valence-electron chi connectivity index (χ4n) is 11.6. The number of anilines is 5. The smallest absolute Gasteiger partial charge is 0.257 e. The summed E-state index contributed by atoms with van der Waals surface area (Å²) in [6.45, 7) is 2.80. The van der Waals surface area contributed by atoms with Crippen molar-refractivity contribution in [2.24, 2.45) is 0 Å². The van der Waals surface area contributed by atoms with E-state index in [0.717, 1.165) is 23.2 Å². The number of benzene rings is 9. The maximum atomic E-state index is 12.9. The molecule has 33 heteroatoms. The number of halogens is 7. The third-order valence-electron chi connectivity index (χ3n) is 17.3. The van der Waals surface area contributed by atoms with E-state index in [1.165, 1.54) is 68.4 Å². The van der Waals surface area contributed by atoms with Crippen LogP contribution in [0, 0.1) is 0 Å². The van der Waals surface area contributed by atoms with E-state index in [2.05, 4.69) is 50.9 Å². The molecule has 121 heavy (non-hydrogen) atoms. The average molecular weight is 1820 g/mol. The molecule has 0 spiro atoms. The van der Waals surface area contributed by atoms with Crippen LogP contribution < -0.4 is 26.0 Å². The molecule has 0 saturated heterocycles. The first kappa shape index (κ1) is 90.0. The zero-order valence-corrected chi connectivity index (χ0v) is 71.6. The number of imidazole rings is 1. The number of aliphatic hydroxyl groups excluding tert-OH is 1. The van der Waals surface area contributed by atoms with Crippen molar-refractivity contribution < 1.29 is 54.6 Å². The lowest BCUT2D eigenvalue weighted by Gasteiger charge is -2.17. The van der Waals surface area contributed by atoms with Crippen molar-refractivity contribution in [1.29, 1.82) is 0 Å². The van der Waals surface area contributed by atoms with Crippen LogP contribution >= 0.6 is 81.2 Å². The SMILES string of the molecule is CC(C)(O)CS(=O)(=O)c1ccc(C(=O)Nc2ccc(Cl)c(-c3ccccn3)c2)c(Cl)c1.CS(=O)(=O)Nc1ccc(C(=O)Nc2ccc(Cl)c(-c3ccccn3)c2)c(Cl)c1.O=C(Nc1ccc(Cl)c(-c2ccccn2)c1)c1ccc(-n2ccnc2)cc1.O=C(Nc1ccc(Cl)c(-c2ccccn2)c1)c1ccc(S(=O)(=O)C[C@H](O)c2ccccc2)cc1Cl. The maximum absolute atomic E-state index is 12.9. The van der Waals surface area contributed by atoms with Crippen LogP contribution in [-0.2, 0) is 29.7 Å². The van der Waals surface area contributed by atoms with Crippen molar-refractivity contribution in [3.05, 3.63) is 361 Å². The number of hydrogen-bond acceptors (Lipinski definition) is 17. The predicted molar refractivity (Wildman–Crippen MR) is 479 cm³/mol. The van der Waals surface area contributed by atoms with Gasteiger partial charge in [-0.2, -0.15) is 0 Å². The molecule has 616 valence electrons. The number of hydrogen-bond donors (Lipinski definition) is 7. The van der Waals surface area contributed by atoms with E-state index in [4.69, 9.17) is 81.2 Å². The molecule has 23 nitrogen and oxygen atoms in total. The van der Waals surface area contributed by atoms with Crippen LogP contribution in [0.5, 0.6) is 0 Å². The van der Waals surface area contributed by atoms with E-state index >= 15 is 0 Å². The Morgan fingerprint density at radius 3 is 1.09 bits per heavy atom. The Kier molecular flexibility index (Phi) is 30.2. The first-order chi connectivity index (χ1) is 57.6. The monoisotopic (exact) mass is 1810 g/mol. The van der Waals surface area contributed by atoms with Crippen molar-refractivity contribution >= 4 is 163 Å². The minimum absolute atomic E-state index is 0.0202. The summed E-state index contributed by atoms with van der Waals surface area (Å²) in [5.74, 6) is -2.64. The highest BCUT2D eigenvalue weighted by Crippen LogP contribution is 2.36. The summed E-state index contributed by atoms with van der Waals surface area (Å²) in [4.78, 5) is 71.7. The van der Waals surface area contributed by atoms with E-state index in [1.54, 1.807) is 177 Å². The number of pyridine rings is 4. The van der Waals surface area contributed by atoms with Gasteiger partial charge in [-0.1, -0.05) is 136 Å². The molecule has 0 aliphatic carbocycles. The van der Waals surface area contributed by atoms with Gasteiger partial charge in [0.1, 0.15) is 0 Å². The highest BCUT2D eigenvalue weighted by Gasteiger charge is 2.28. The molecular formula is C88H70Cl7N11O12S3. The summed E-state index contributed by atoms with van der Waals surface area (Å²) in [6.07, 6.45) is 11.8. The Hall–Kier alpha value is -11.7. The Morgan fingerprint density at radius 2 is 0.752 bits per heavy atom. The van der Waals surface area contributed by atoms with Crippen LogP contribution in [-0.4, -0.2) is 112 Å². The Balaban J connectivity index is 0.000000158. The molecule has 0 aliphatic rings. The zero-order valence-electron chi connectivity index (χ0n) is 63.8. The second-order valence-corrected chi connectivity index (χ2v) is 35.7.